The molecule has 0 saturated carbocycles. The quantitative estimate of drug-likeness (QED) is 0.935. The zero-order valence-corrected chi connectivity index (χ0v) is 14.3. The van der Waals surface area contributed by atoms with Crippen molar-refractivity contribution in [2.24, 2.45) is 0 Å². The fraction of sp³-hybridized carbons (Fsp3) is 0.412. The predicted octanol–water partition coefficient (Wildman–Crippen LogP) is 2.53. The van der Waals surface area contributed by atoms with Crippen LogP contribution < -0.4 is 10.2 Å². The lowest BCUT2D eigenvalue weighted by Crippen LogP contribution is -2.37. The minimum absolute atomic E-state index is 0.0439. The normalized spacial score (nSPS) is 14.8. The van der Waals surface area contributed by atoms with E-state index in [9.17, 15) is 4.79 Å². The van der Waals surface area contributed by atoms with Crippen molar-refractivity contribution < 1.29 is 9.53 Å². The Bertz CT molecular complexity index is 693. The lowest BCUT2D eigenvalue weighted by molar-refractivity contribution is 0.0950. The van der Waals surface area contributed by atoms with Crippen LogP contribution in [-0.2, 0) is 11.3 Å². The Balaban J connectivity index is 1.73. The van der Waals surface area contributed by atoms with Crippen molar-refractivity contribution in [1.82, 2.24) is 10.3 Å². The summed E-state index contributed by atoms with van der Waals surface area (Å²) in [5.74, 6) is -0.0439. The van der Waals surface area contributed by atoms with Crippen molar-refractivity contribution in [2.45, 2.75) is 20.4 Å². The SMILES string of the molecule is Cc1nc(C)c(CNC(=O)c2ccccc2N2CCOCC2)s1. The Kier molecular flexibility index (Phi) is 4.93. The summed E-state index contributed by atoms with van der Waals surface area (Å²) in [6, 6.07) is 7.76. The number of thiazole rings is 1. The molecule has 0 atom stereocenters. The van der Waals surface area contributed by atoms with Crippen LogP contribution in [0.2, 0.25) is 0 Å². The molecule has 6 heteroatoms. The van der Waals surface area contributed by atoms with E-state index in [2.05, 4.69) is 15.2 Å². The smallest absolute Gasteiger partial charge is 0.253 e. The highest BCUT2D eigenvalue weighted by Crippen LogP contribution is 2.22. The van der Waals surface area contributed by atoms with Crippen molar-refractivity contribution in [1.29, 1.82) is 0 Å². The molecule has 0 spiro atoms. The third-order valence-corrected chi connectivity index (χ3v) is 4.98. The van der Waals surface area contributed by atoms with E-state index in [0.717, 1.165) is 34.4 Å². The van der Waals surface area contributed by atoms with E-state index in [1.54, 1.807) is 11.3 Å². The van der Waals surface area contributed by atoms with Gasteiger partial charge in [0.1, 0.15) is 0 Å². The topological polar surface area (TPSA) is 54.5 Å². The average Bonchev–Trinajstić information content (AvgIpc) is 2.91. The Morgan fingerprint density at radius 2 is 2.04 bits per heavy atom. The summed E-state index contributed by atoms with van der Waals surface area (Å²) in [6.45, 7) is 7.52. The van der Waals surface area contributed by atoms with Gasteiger partial charge in [0, 0.05) is 23.7 Å². The number of morpholine rings is 1. The zero-order valence-electron chi connectivity index (χ0n) is 13.5. The highest BCUT2D eigenvalue weighted by atomic mass is 32.1. The van der Waals surface area contributed by atoms with Gasteiger partial charge in [0.15, 0.2) is 0 Å². The summed E-state index contributed by atoms with van der Waals surface area (Å²) in [4.78, 5) is 20.3. The second kappa shape index (κ2) is 7.10. The van der Waals surface area contributed by atoms with Crippen molar-refractivity contribution in [3.63, 3.8) is 0 Å². The van der Waals surface area contributed by atoms with E-state index >= 15 is 0 Å². The van der Waals surface area contributed by atoms with Crippen LogP contribution in [0.3, 0.4) is 0 Å². The summed E-state index contributed by atoms with van der Waals surface area (Å²) in [7, 11) is 0. The number of aryl methyl sites for hydroxylation is 2. The van der Waals surface area contributed by atoms with Crippen molar-refractivity contribution in [3.05, 3.63) is 45.4 Å². The minimum Gasteiger partial charge on any atom is -0.378 e. The number of nitrogens with zero attached hydrogens (tertiary/aromatic N) is 2. The van der Waals surface area contributed by atoms with Crippen molar-refractivity contribution in [3.8, 4) is 0 Å². The summed E-state index contributed by atoms with van der Waals surface area (Å²) < 4.78 is 5.39. The summed E-state index contributed by atoms with van der Waals surface area (Å²) in [6.07, 6.45) is 0. The molecule has 0 radical (unpaired) electrons. The van der Waals surface area contributed by atoms with Crippen LogP contribution in [0.4, 0.5) is 5.69 Å². The maximum atomic E-state index is 12.6. The number of rotatable bonds is 4. The lowest BCUT2D eigenvalue weighted by atomic mass is 10.1. The highest BCUT2D eigenvalue weighted by molar-refractivity contribution is 7.11. The molecule has 2 aromatic rings. The number of hydrogen-bond donors (Lipinski definition) is 1. The van der Waals surface area contributed by atoms with Gasteiger partial charge in [0.2, 0.25) is 0 Å². The number of benzene rings is 1. The van der Waals surface area contributed by atoms with Gasteiger partial charge in [-0.1, -0.05) is 12.1 Å². The van der Waals surface area contributed by atoms with Gasteiger partial charge in [-0.15, -0.1) is 11.3 Å². The molecule has 1 aromatic carbocycles. The summed E-state index contributed by atoms with van der Waals surface area (Å²) in [5, 5.41) is 4.05. The second-order valence-electron chi connectivity index (χ2n) is 5.54. The van der Waals surface area contributed by atoms with Gasteiger partial charge in [-0.25, -0.2) is 4.98 Å². The molecule has 1 aromatic heterocycles. The van der Waals surface area contributed by atoms with E-state index in [1.165, 1.54) is 0 Å². The number of carbonyl (C=O) groups excluding carboxylic acids is 1. The van der Waals surface area contributed by atoms with E-state index in [-0.39, 0.29) is 5.91 Å². The number of amides is 1. The zero-order chi connectivity index (χ0) is 16.2. The van der Waals surface area contributed by atoms with Gasteiger partial charge in [-0.05, 0) is 26.0 Å². The summed E-state index contributed by atoms with van der Waals surface area (Å²) >= 11 is 1.63. The van der Waals surface area contributed by atoms with Crippen molar-refractivity contribution in [2.75, 3.05) is 31.2 Å². The number of carbonyl (C=O) groups is 1. The number of hydrogen-bond acceptors (Lipinski definition) is 5. The number of aromatic nitrogens is 1. The van der Waals surface area contributed by atoms with Crippen LogP contribution in [0.25, 0.3) is 0 Å². The molecule has 3 rings (SSSR count). The fourth-order valence-corrected chi connectivity index (χ4v) is 3.62. The third kappa shape index (κ3) is 3.71. The van der Waals surface area contributed by atoms with E-state index in [0.29, 0.717) is 25.3 Å². The third-order valence-electron chi connectivity index (χ3n) is 3.91. The predicted molar refractivity (Wildman–Crippen MR) is 92.2 cm³/mol. The molecule has 2 heterocycles. The molecule has 1 aliphatic rings. The molecule has 122 valence electrons. The molecule has 1 saturated heterocycles. The first-order valence-corrected chi connectivity index (χ1v) is 8.59. The minimum atomic E-state index is -0.0439. The van der Waals surface area contributed by atoms with Crippen LogP contribution in [0.15, 0.2) is 24.3 Å². The Labute approximate surface area is 140 Å². The van der Waals surface area contributed by atoms with E-state index in [4.69, 9.17) is 4.74 Å². The van der Waals surface area contributed by atoms with Gasteiger partial charge >= 0.3 is 0 Å². The van der Waals surface area contributed by atoms with E-state index in [1.807, 2.05) is 38.1 Å². The van der Waals surface area contributed by atoms with Crippen LogP contribution >= 0.6 is 11.3 Å². The van der Waals surface area contributed by atoms with Gasteiger partial charge in [0.05, 0.1) is 36.0 Å². The van der Waals surface area contributed by atoms with Crippen LogP contribution in [0, 0.1) is 13.8 Å². The maximum absolute atomic E-state index is 12.6. The monoisotopic (exact) mass is 331 g/mol. The Morgan fingerprint density at radius 1 is 1.30 bits per heavy atom. The first-order valence-electron chi connectivity index (χ1n) is 7.78. The molecule has 1 N–H and O–H groups in total. The molecule has 0 unspecified atom stereocenters. The maximum Gasteiger partial charge on any atom is 0.253 e. The Hall–Kier alpha value is -1.92. The van der Waals surface area contributed by atoms with Gasteiger partial charge in [0.25, 0.3) is 5.91 Å². The first kappa shape index (κ1) is 16.0. The molecule has 5 nitrogen and oxygen atoms in total. The second-order valence-corrected chi connectivity index (χ2v) is 6.83. The molecule has 1 amide bonds. The standard InChI is InChI=1S/C17H21N3O2S/c1-12-16(23-13(2)19-12)11-18-17(21)14-5-3-4-6-15(14)20-7-9-22-10-8-20/h3-6H,7-11H2,1-2H3,(H,18,21). The number of nitrogens with one attached hydrogen (secondary N) is 1. The van der Waals surface area contributed by atoms with Gasteiger partial charge in [-0.2, -0.15) is 0 Å². The molecule has 1 fully saturated rings. The molecule has 23 heavy (non-hydrogen) atoms. The first-order chi connectivity index (χ1) is 11.1. The van der Waals surface area contributed by atoms with Crippen LogP contribution in [0.1, 0.15) is 25.9 Å². The largest absolute Gasteiger partial charge is 0.378 e. The molecule has 1 aliphatic heterocycles. The molecule has 0 aliphatic carbocycles. The van der Waals surface area contributed by atoms with Crippen LogP contribution in [0.5, 0.6) is 0 Å². The lowest BCUT2D eigenvalue weighted by Gasteiger charge is -2.30. The Morgan fingerprint density at radius 3 is 2.74 bits per heavy atom. The van der Waals surface area contributed by atoms with E-state index < -0.39 is 0 Å². The fourth-order valence-electron chi connectivity index (χ4n) is 2.74. The number of ether oxygens (including phenoxy) is 1. The van der Waals surface area contributed by atoms with Gasteiger partial charge in [-0.3, -0.25) is 4.79 Å². The highest BCUT2D eigenvalue weighted by Gasteiger charge is 2.18. The molecular weight excluding hydrogens is 310 g/mol. The summed E-state index contributed by atoms with van der Waals surface area (Å²) in [5.41, 5.74) is 2.69. The molecular formula is C17H21N3O2S. The van der Waals surface area contributed by atoms with Gasteiger partial charge < -0.3 is 15.0 Å². The average molecular weight is 331 g/mol. The number of anilines is 1. The number of para-hydroxylation sites is 1. The molecule has 0 bridgehead atoms. The van der Waals surface area contributed by atoms with Crippen LogP contribution in [-0.4, -0.2) is 37.2 Å². The van der Waals surface area contributed by atoms with Crippen molar-refractivity contribution >= 4 is 22.9 Å².